The van der Waals surface area contributed by atoms with Crippen LogP contribution in [-0.2, 0) is 0 Å². The molecule has 0 bridgehead atoms. The molecule has 0 amide bonds. The van der Waals surface area contributed by atoms with Gasteiger partial charge in [0.15, 0.2) is 0 Å². The van der Waals surface area contributed by atoms with Crippen LogP contribution in [0.25, 0.3) is 0 Å². The molecule has 2 rings (SSSR count). The summed E-state index contributed by atoms with van der Waals surface area (Å²) in [5.74, 6) is 1.84. The molecule has 112 valence electrons. The number of aliphatic hydroxyl groups excluding tert-OH is 1. The van der Waals surface area contributed by atoms with E-state index in [1.54, 1.807) is 0 Å². The normalized spacial score (nSPS) is 16.1. The van der Waals surface area contributed by atoms with Crippen LogP contribution in [0.5, 0.6) is 5.75 Å². The quantitative estimate of drug-likeness (QED) is 0.682. The largest absolute Gasteiger partial charge is 0.491 e. The predicted octanol–water partition coefficient (Wildman–Crippen LogP) is 2.82. The number of rotatable bonds is 9. The van der Waals surface area contributed by atoms with E-state index in [-0.39, 0.29) is 0 Å². The monoisotopic (exact) mass is 277 g/mol. The maximum absolute atomic E-state index is 9.88. The van der Waals surface area contributed by atoms with Crippen molar-refractivity contribution in [2.24, 2.45) is 5.92 Å². The van der Waals surface area contributed by atoms with E-state index in [2.05, 4.69) is 25.2 Å². The first-order valence-electron chi connectivity index (χ1n) is 7.73. The van der Waals surface area contributed by atoms with Gasteiger partial charge < -0.3 is 15.2 Å². The molecule has 1 saturated carbocycles. The average molecular weight is 277 g/mol. The molecule has 1 fully saturated rings. The third-order valence-corrected chi connectivity index (χ3v) is 3.68. The first kappa shape index (κ1) is 15.3. The fourth-order valence-electron chi connectivity index (χ4n) is 2.46. The number of aliphatic hydroxyl groups is 1. The highest BCUT2D eigenvalue weighted by molar-refractivity contribution is 5.32. The average Bonchev–Trinajstić information content (AvgIpc) is 3.19. The van der Waals surface area contributed by atoms with E-state index in [0.29, 0.717) is 13.2 Å². The van der Waals surface area contributed by atoms with Gasteiger partial charge in [-0.15, -0.1) is 0 Å². The molecule has 20 heavy (non-hydrogen) atoms. The Bertz CT molecular complexity index is 395. The van der Waals surface area contributed by atoms with Gasteiger partial charge >= 0.3 is 0 Å². The van der Waals surface area contributed by atoms with E-state index in [1.165, 1.54) is 36.8 Å². The number of ether oxygens (including phenoxy) is 1. The zero-order chi connectivity index (χ0) is 14.4. The molecule has 1 aromatic carbocycles. The van der Waals surface area contributed by atoms with Gasteiger partial charge in [-0.05, 0) is 62.4 Å². The van der Waals surface area contributed by atoms with Crippen molar-refractivity contribution < 1.29 is 9.84 Å². The summed E-state index contributed by atoms with van der Waals surface area (Å²) in [4.78, 5) is 0. The maximum Gasteiger partial charge on any atom is 0.119 e. The van der Waals surface area contributed by atoms with Crippen LogP contribution in [0, 0.1) is 19.8 Å². The van der Waals surface area contributed by atoms with Crippen molar-refractivity contribution in [3.05, 3.63) is 29.3 Å². The highest BCUT2D eigenvalue weighted by Crippen LogP contribution is 2.33. The molecule has 2 N–H and O–H groups in total. The second-order valence-electron chi connectivity index (χ2n) is 6.08. The Balaban J connectivity index is 1.57. The van der Waals surface area contributed by atoms with Gasteiger partial charge in [-0.3, -0.25) is 0 Å². The Labute approximate surface area is 122 Å². The van der Waals surface area contributed by atoms with Crippen molar-refractivity contribution in [2.75, 3.05) is 19.7 Å². The second kappa shape index (κ2) is 7.65. The smallest absolute Gasteiger partial charge is 0.119 e. The highest BCUT2D eigenvalue weighted by atomic mass is 16.5. The fraction of sp³-hybridized carbons (Fsp3) is 0.647. The summed E-state index contributed by atoms with van der Waals surface area (Å²) in [6.07, 6.45) is 4.95. The molecule has 1 aliphatic carbocycles. The Morgan fingerprint density at radius 3 is 2.60 bits per heavy atom. The molecule has 1 aliphatic rings. The van der Waals surface area contributed by atoms with Gasteiger partial charge in [0.2, 0.25) is 0 Å². The molecule has 1 unspecified atom stereocenters. The minimum Gasteiger partial charge on any atom is -0.491 e. The van der Waals surface area contributed by atoms with E-state index in [9.17, 15) is 5.11 Å². The van der Waals surface area contributed by atoms with E-state index in [1.807, 2.05) is 12.1 Å². The van der Waals surface area contributed by atoms with Crippen LogP contribution in [0.2, 0.25) is 0 Å². The third-order valence-electron chi connectivity index (χ3n) is 3.68. The standard InChI is InChI=1S/C17H27NO2/c1-13-8-14(2)10-17(9-13)20-12-16(19)11-18-7-3-4-15-5-6-15/h8-10,15-16,18-19H,3-7,11-12H2,1-2H3. The zero-order valence-electron chi connectivity index (χ0n) is 12.7. The lowest BCUT2D eigenvalue weighted by Crippen LogP contribution is -2.32. The van der Waals surface area contributed by atoms with Crippen LogP contribution in [0.1, 0.15) is 36.8 Å². The number of benzene rings is 1. The summed E-state index contributed by atoms with van der Waals surface area (Å²) in [6.45, 7) is 6.06. The van der Waals surface area contributed by atoms with Crippen molar-refractivity contribution in [1.82, 2.24) is 5.32 Å². The van der Waals surface area contributed by atoms with Crippen LogP contribution < -0.4 is 10.1 Å². The van der Waals surface area contributed by atoms with Crippen LogP contribution in [0.3, 0.4) is 0 Å². The SMILES string of the molecule is Cc1cc(C)cc(OCC(O)CNCCCC2CC2)c1. The Morgan fingerprint density at radius 1 is 1.25 bits per heavy atom. The van der Waals surface area contributed by atoms with Gasteiger partial charge in [-0.1, -0.05) is 18.9 Å². The minimum atomic E-state index is -0.447. The lowest BCUT2D eigenvalue weighted by molar-refractivity contribution is 0.106. The second-order valence-corrected chi connectivity index (χ2v) is 6.08. The summed E-state index contributed by atoms with van der Waals surface area (Å²) < 4.78 is 5.64. The first-order valence-corrected chi connectivity index (χ1v) is 7.73. The number of hydrogen-bond donors (Lipinski definition) is 2. The fourth-order valence-corrected chi connectivity index (χ4v) is 2.46. The molecule has 0 aromatic heterocycles. The predicted molar refractivity (Wildman–Crippen MR) is 82.2 cm³/mol. The lowest BCUT2D eigenvalue weighted by atomic mass is 10.1. The molecule has 0 aliphatic heterocycles. The number of aryl methyl sites for hydroxylation is 2. The maximum atomic E-state index is 9.88. The van der Waals surface area contributed by atoms with Crippen molar-refractivity contribution >= 4 is 0 Å². The number of hydrogen-bond acceptors (Lipinski definition) is 3. The van der Waals surface area contributed by atoms with E-state index < -0.39 is 6.10 Å². The topological polar surface area (TPSA) is 41.5 Å². The van der Waals surface area contributed by atoms with Gasteiger partial charge in [0.05, 0.1) is 0 Å². The summed E-state index contributed by atoms with van der Waals surface area (Å²) >= 11 is 0. The molecule has 3 nitrogen and oxygen atoms in total. The van der Waals surface area contributed by atoms with Crippen molar-refractivity contribution in [1.29, 1.82) is 0 Å². The summed E-state index contributed by atoms with van der Waals surface area (Å²) in [7, 11) is 0. The summed E-state index contributed by atoms with van der Waals surface area (Å²) in [6, 6.07) is 6.12. The molecule has 1 atom stereocenters. The summed E-state index contributed by atoms with van der Waals surface area (Å²) in [5, 5.41) is 13.2. The zero-order valence-corrected chi connectivity index (χ0v) is 12.7. The van der Waals surface area contributed by atoms with Gasteiger partial charge in [0.1, 0.15) is 18.5 Å². The minimum absolute atomic E-state index is 0.346. The Hall–Kier alpha value is -1.06. The molecular formula is C17H27NO2. The molecule has 0 spiro atoms. The molecule has 0 radical (unpaired) electrons. The molecular weight excluding hydrogens is 250 g/mol. The first-order chi connectivity index (χ1) is 9.63. The molecule has 0 heterocycles. The highest BCUT2D eigenvalue weighted by Gasteiger charge is 2.19. The Kier molecular flexibility index (Phi) is 5.86. The summed E-state index contributed by atoms with van der Waals surface area (Å²) in [5.41, 5.74) is 2.38. The molecule has 0 saturated heterocycles. The van der Waals surface area contributed by atoms with E-state index in [4.69, 9.17) is 4.74 Å². The molecule has 3 heteroatoms. The van der Waals surface area contributed by atoms with Gasteiger partial charge in [-0.2, -0.15) is 0 Å². The van der Waals surface area contributed by atoms with Crippen molar-refractivity contribution in [2.45, 2.75) is 45.6 Å². The van der Waals surface area contributed by atoms with Crippen LogP contribution in [0.15, 0.2) is 18.2 Å². The molecule has 1 aromatic rings. The third kappa shape index (κ3) is 5.93. The van der Waals surface area contributed by atoms with E-state index >= 15 is 0 Å². The van der Waals surface area contributed by atoms with Gasteiger partial charge in [0.25, 0.3) is 0 Å². The lowest BCUT2D eigenvalue weighted by Gasteiger charge is -2.14. The van der Waals surface area contributed by atoms with Gasteiger partial charge in [0, 0.05) is 6.54 Å². The number of nitrogens with one attached hydrogen (secondary N) is 1. The van der Waals surface area contributed by atoms with Crippen molar-refractivity contribution in [3.8, 4) is 5.75 Å². The van der Waals surface area contributed by atoms with Crippen molar-refractivity contribution in [3.63, 3.8) is 0 Å². The van der Waals surface area contributed by atoms with Crippen LogP contribution >= 0.6 is 0 Å². The van der Waals surface area contributed by atoms with Crippen LogP contribution in [-0.4, -0.2) is 30.9 Å². The van der Waals surface area contributed by atoms with Gasteiger partial charge in [-0.25, -0.2) is 0 Å². The van der Waals surface area contributed by atoms with Crippen LogP contribution in [0.4, 0.5) is 0 Å². The van der Waals surface area contributed by atoms with E-state index in [0.717, 1.165) is 18.2 Å². The Morgan fingerprint density at radius 2 is 1.95 bits per heavy atom.